The Hall–Kier alpha value is -2.38. The Morgan fingerprint density at radius 2 is 1.80 bits per heavy atom. The predicted octanol–water partition coefficient (Wildman–Crippen LogP) is 3.77. The molecule has 0 aliphatic carbocycles. The van der Waals surface area contributed by atoms with Gasteiger partial charge in [-0.3, -0.25) is 0 Å². The summed E-state index contributed by atoms with van der Waals surface area (Å²) >= 11 is 0. The maximum atomic E-state index is 13.5. The van der Waals surface area contributed by atoms with Crippen LogP contribution >= 0.6 is 0 Å². The molecule has 0 aliphatic heterocycles. The number of nitrogens with zero attached hydrogens (tertiary/aromatic N) is 1. The summed E-state index contributed by atoms with van der Waals surface area (Å²) < 4.78 is 19.0. The van der Waals surface area contributed by atoms with Crippen molar-refractivity contribution in [2.24, 2.45) is 0 Å². The minimum Gasteiger partial charge on any atom is -0.457 e. The van der Waals surface area contributed by atoms with E-state index < -0.39 is 5.82 Å². The molecule has 0 aliphatic rings. The summed E-state index contributed by atoms with van der Waals surface area (Å²) in [6, 6.07) is 13.8. The van der Waals surface area contributed by atoms with E-state index in [4.69, 9.17) is 10.00 Å². The Kier molecular flexibility index (Phi) is 4.34. The lowest BCUT2D eigenvalue weighted by Crippen LogP contribution is -2.11. The van der Waals surface area contributed by atoms with Crippen LogP contribution < -0.4 is 10.1 Å². The molecule has 1 atom stereocenters. The SMILES string of the molecule is CNC(C)c1ccc(Oc2ccc(C#N)c(F)c2)cc1. The van der Waals surface area contributed by atoms with Gasteiger partial charge in [-0.05, 0) is 43.8 Å². The third-order valence-electron chi connectivity index (χ3n) is 3.11. The Bertz CT molecular complexity index is 632. The van der Waals surface area contributed by atoms with Crippen molar-refractivity contribution in [3.05, 3.63) is 59.4 Å². The first kappa shape index (κ1) is 14.0. The molecule has 0 radical (unpaired) electrons. The molecule has 102 valence electrons. The third-order valence-corrected chi connectivity index (χ3v) is 3.11. The number of hydrogen-bond donors (Lipinski definition) is 1. The van der Waals surface area contributed by atoms with Crippen molar-refractivity contribution in [2.45, 2.75) is 13.0 Å². The Labute approximate surface area is 117 Å². The van der Waals surface area contributed by atoms with Crippen LogP contribution in [0.15, 0.2) is 42.5 Å². The molecule has 1 N–H and O–H groups in total. The summed E-state index contributed by atoms with van der Waals surface area (Å²) in [4.78, 5) is 0. The van der Waals surface area contributed by atoms with E-state index in [9.17, 15) is 4.39 Å². The first-order valence-electron chi connectivity index (χ1n) is 6.28. The second kappa shape index (κ2) is 6.18. The van der Waals surface area contributed by atoms with Gasteiger partial charge in [0, 0.05) is 12.1 Å². The molecule has 0 fully saturated rings. The molecular formula is C16H15FN2O. The van der Waals surface area contributed by atoms with Gasteiger partial charge in [-0.25, -0.2) is 4.39 Å². The van der Waals surface area contributed by atoms with Crippen molar-refractivity contribution >= 4 is 0 Å². The summed E-state index contributed by atoms with van der Waals surface area (Å²) in [5.41, 5.74) is 1.15. The molecule has 0 aromatic heterocycles. The summed E-state index contributed by atoms with van der Waals surface area (Å²) in [5.74, 6) is 0.419. The third kappa shape index (κ3) is 3.14. The fourth-order valence-electron chi connectivity index (χ4n) is 1.78. The summed E-state index contributed by atoms with van der Waals surface area (Å²) in [7, 11) is 1.90. The van der Waals surface area contributed by atoms with E-state index >= 15 is 0 Å². The topological polar surface area (TPSA) is 45.0 Å². The van der Waals surface area contributed by atoms with Gasteiger partial charge >= 0.3 is 0 Å². The number of benzene rings is 2. The normalized spacial score (nSPS) is 11.7. The van der Waals surface area contributed by atoms with Crippen LogP contribution in [-0.4, -0.2) is 7.05 Å². The highest BCUT2D eigenvalue weighted by atomic mass is 19.1. The average molecular weight is 270 g/mol. The molecule has 3 nitrogen and oxygen atoms in total. The summed E-state index contributed by atoms with van der Waals surface area (Å²) in [6.07, 6.45) is 0. The second-order valence-corrected chi connectivity index (χ2v) is 4.43. The van der Waals surface area contributed by atoms with E-state index in [1.165, 1.54) is 12.1 Å². The smallest absolute Gasteiger partial charge is 0.144 e. The maximum absolute atomic E-state index is 13.5. The van der Waals surface area contributed by atoms with Crippen molar-refractivity contribution in [3.8, 4) is 17.6 Å². The molecule has 0 bridgehead atoms. The Morgan fingerprint density at radius 1 is 1.15 bits per heavy atom. The molecule has 2 aromatic carbocycles. The van der Waals surface area contributed by atoms with E-state index in [0.717, 1.165) is 5.56 Å². The lowest BCUT2D eigenvalue weighted by atomic mass is 10.1. The van der Waals surface area contributed by atoms with Gasteiger partial charge in [0.2, 0.25) is 0 Å². The quantitative estimate of drug-likeness (QED) is 0.919. The van der Waals surface area contributed by atoms with Gasteiger partial charge in [0.25, 0.3) is 0 Å². The fourth-order valence-corrected chi connectivity index (χ4v) is 1.78. The number of rotatable bonds is 4. The minimum atomic E-state index is -0.578. The Morgan fingerprint density at radius 3 is 2.35 bits per heavy atom. The van der Waals surface area contributed by atoms with Gasteiger partial charge in [0.1, 0.15) is 23.4 Å². The zero-order valence-corrected chi connectivity index (χ0v) is 11.4. The van der Waals surface area contributed by atoms with E-state index in [2.05, 4.69) is 12.2 Å². The van der Waals surface area contributed by atoms with E-state index in [-0.39, 0.29) is 11.6 Å². The molecule has 0 saturated heterocycles. The highest BCUT2D eigenvalue weighted by Gasteiger charge is 2.06. The molecular weight excluding hydrogens is 255 g/mol. The molecule has 0 heterocycles. The second-order valence-electron chi connectivity index (χ2n) is 4.43. The maximum Gasteiger partial charge on any atom is 0.144 e. The van der Waals surface area contributed by atoms with E-state index in [1.54, 1.807) is 12.1 Å². The molecule has 0 saturated carbocycles. The van der Waals surface area contributed by atoms with Gasteiger partial charge in [-0.1, -0.05) is 12.1 Å². The van der Waals surface area contributed by atoms with Crippen molar-refractivity contribution in [2.75, 3.05) is 7.05 Å². The van der Waals surface area contributed by atoms with Crippen LogP contribution in [0.4, 0.5) is 4.39 Å². The lowest BCUT2D eigenvalue weighted by Gasteiger charge is -2.11. The fraction of sp³-hybridized carbons (Fsp3) is 0.188. The highest BCUT2D eigenvalue weighted by molar-refractivity contribution is 5.39. The molecule has 4 heteroatoms. The molecule has 20 heavy (non-hydrogen) atoms. The predicted molar refractivity (Wildman–Crippen MR) is 75.1 cm³/mol. The monoisotopic (exact) mass is 270 g/mol. The Balaban J connectivity index is 2.14. The van der Waals surface area contributed by atoms with Crippen LogP contribution in [0.1, 0.15) is 24.1 Å². The van der Waals surface area contributed by atoms with Crippen molar-refractivity contribution < 1.29 is 9.13 Å². The van der Waals surface area contributed by atoms with Crippen molar-refractivity contribution in [1.29, 1.82) is 5.26 Å². The zero-order chi connectivity index (χ0) is 14.5. The van der Waals surface area contributed by atoms with Gasteiger partial charge in [0.05, 0.1) is 5.56 Å². The van der Waals surface area contributed by atoms with Gasteiger partial charge in [0.15, 0.2) is 0 Å². The van der Waals surface area contributed by atoms with Crippen LogP contribution in [0.25, 0.3) is 0 Å². The summed E-state index contributed by atoms with van der Waals surface area (Å²) in [6.45, 7) is 2.06. The van der Waals surface area contributed by atoms with Crippen LogP contribution in [0, 0.1) is 17.1 Å². The van der Waals surface area contributed by atoms with Crippen LogP contribution in [-0.2, 0) is 0 Å². The number of halogens is 1. The lowest BCUT2D eigenvalue weighted by molar-refractivity contribution is 0.476. The number of ether oxygens (including phenoxy) is 1. The molecule has 1 unspecified atom stereocenters. The highest BCUT2D eigenvalue weighted by Crippen LogP contribution is 2.24. The first-order valence-corrected chi connectivity index (χ1v) is 6.28. The van der Waals surface area contributed by atoms with Crippen LogP contribution in [0.2, 0.25) is 0 Å². The number of hydrogen-bond acceptors (Lipinski definition) is 3. The molecule has 0 spiro atoms. The van der Waals surface area contributed by atoms with Crippen LogP contribution in [0.3, 0.4) is 0 Å². The van der Waals surface area contributed by atoms with Crippen LogP contribution in [0.5, 0.6) is 11.5 Å². The van der Waals surface area contributed by atoms with Gasteiger partial charge in [-0.15, -0.1) is 0 Å². The van der Waals surface area contributed by atoms with Crippen molar-refractivity contribution in [3.63, 3.8) is 0 Å². The minimum absolute atomic E-state index is 0.00976. The molecule has 2 rings (SSSR count). The largest absolute Gasteiger partial charge is 0.457 e. The first-order chi connectivity index (χ1) is 9.63. The number of nitriles is 1. The standard InChI is InChI=1S/C16H15FN2O/c1-11(19-2)12-3-6-14(7-4-12)20-15-8-5-13(10-18)16(17)9-15/h3-9,11,19H,1-2H3. The van der Waals surface area contributed by atoms with Crippen molar-refractivity contribution in [1.82, 2.24) is 5.32 Å². The van der Waals surface area contributed by atoms with E-state index in [1.807, 2.05) is 31.3 Å². The summed E-state index contributed by atoms with van der Waals surface area (Å²) in [5, 5.41) is 11.8. The average Bonchev–Trinajstić information content (AvgIpc) is 2.47. The van der Waals surface area contributed by atoms with Gasteiger partial charge in [-0.2, -0.15) is 5.26 Å². The number of nitrogens with one attached hydrogen (secondary N) is 1. The molecule has 0 amide bonds. The molecule has 2 aromatic rings. The zero-order valence-electron chi connectivity index (χ0n) is 11.4. The van der Waals surface area contributed by atoms with E-state index in [0.29, 0.717) is 11.5 Å². The van der Waals surface area contributed by atoms with Gasteiger partial charge < -0.3 is 10.1 Å².